The standard InChI is InChI=1S/C24H28N2.2C7H7.Ni/c1-3-5-6-7-10-20-12-9-14-22(18-20)24-16-15-23(26(24)25)21-13-8-11-19(4-2)17-21;2*1-7-5-3-2-4-6-7;/h8-9,11-18H,3-7,10H2,1-2H3;2*2-6H,1H2;. The number of unbranched alkanes of at least 4 members (excludes halogenated alkanes) is 3. The van der Waals surface area contributed by atoms with E-state index in [1.165, 1.54) is 52.6 Å². The molecule has 0 N–H and O–H groups in total. The van der Waals surface area contributed by atoms with Crippen LogP contribution in [0.1, 0.15) is 72.9 Å². The molecule has 2 nitrogen and oxygen atoms in total. The molecular formula is C38H42N2Ni. The zero-order chi connectivity index (χ0) is 28.7. The number of hydrogen-bond donors (Lipinski definition) is 0. The van der Waals surface area contributed by atoms with Crippen molar-refractivity contribution in [1.29, 1.82) is 0 Å². The fourth-order valence-corrected chi connectivity index (χ4v) is 5.94. The predicted molar refractivity (Wildman–Crippen MR) is 170 cm³/mol. The molecule has 0 aliphatic carbocycles. The van der Waals surface area contributed by atoms with E-state index < -0.39 is 0 Å². The van der Waals surface area contributed by atoms with Gasteiger partial charge in [-0.2, -0.15) is 0 Å². The molecule has 0 aromatic heterocycles. The molecule has 0 fully saturated rings. The van der Waals surface area contributed by atoms with Gasteiger partial charge in [-0.25, -0.2) is 4.70 Å². The van der Waals surface area contributed by atoms with Gasteiger partial charge in [-0.05, 0) is 54.7 Å². The summed E-state index contributed by atoms with van der Waals surface area (Å²) in [5.41, 5.74) is 20.0. The van der Waals surface area contributed by atoms with Gasteiger partial charge in [0.2, 0.25) is 11.4 Å². The van der Waals surface area contributed by atoms with Gasteiger partial charge in [-0.15, -0.1) is 0 Å². The minimum atomic E-state index is 0.837. The zero-order valence-electron chi connectivity index (χ0n) is 24.4. The van der Waals surface area contributed by atoms with Crippen molar-refractivity contribution in [3.63, 3.8) is 0 Å². The Morgan fingerprint density at radius 1 is 0.561 bits per heavy atom. The van der Waals surface area contributed by atoms with E-state index in [0.717, 1.165) is 46.1 Å². The van der Waals surface area contributed by atoms with Crippen LogP contribution in [0.15, 0.2) is 121 Å². The number of rotatable bonds is 12. The predicted octanol–water partition coefficient (Wildman–Crippen LogP) is 10.3. The second-order valence-electron chi connectivity index (χ2n) is 10.3. The molecule has 4 aromatic carbocycles. The third-order valence-corrected chi connectivity index (χ3v) is 8.43. The summed E-state index contributed by atoms with van der Waals surface area (Å²) in [5.74, 6) is 0. The van der Waals surface area contributed by atoms with Gasteiger partial charge in [0.1, 0.15) is 0 Å². The molecule has 4 aromatic rings. The molecule has 41 heavy (non-hydrogen) atoms. The summed E-state index contributed by atoms with van der Waals surface area (Å²) in [7, 11) is 0. The Kier molecular flexibility index (Phi) is 12.4. The normalized spacial score (nSPS) is 12.5. The van der Waals surface area contributed by atoms with E-state index in [-0.39, 0.29) is 0 Å². The van der Waals surface area contributed by atoms with Crippen molar-refractivity contribution >= 4 is 11.4 Å². The summed E-state index contributed by atoms with van der Waals surface area (Å²) in [5, 5.41) is 2.23. The van der Waals surface area contributed by atoms with Crippen LogP contribution in [0.25, 0.3) is 16.9 Å². The molecule has 1 aliphatic heterocycles. The summed E-state index contributed by atoms with van der Waals surface area (Å²) in [6, 6.07) is 38.2. The molecule has 0 bridgehead atoms. The van der Waals surface area contributed by atoms with Crippen molar-refractivity contribution in [2.45, 2.75) is 63.2 Å². The minimum absolute atomic E-state index is 0.837. The van der Waals surface area contributed by atoms with Crippen molar-refractivity contribution in [1.82, 2.24) is 0 Å². The molecule has 0 amide bonds. The summed E-state index contributed by atoms with van der Waals surface area (Å²) in [6.45, 7) is 4.39. The van der Waals surface area contributed by atoms with Crippen LogP contribution >= 0.6 is 0 Å². The van der Waals surface area contributed by atoms with Crippen LogP contribution in [0.2, 0.25) is 0 Å². The van der Waals surface area contributed by atoms with Crippen LogP contribution in [0.5, 0.6) is 0 Å². The first-order valence-electron chi connectivity index (χ1n) is 14.8. The summed E-state index contributed by atoms with van der Waals surface area (Å²) in [6.07, 6.45) is 11.2. The molecule has 5 rings (SSSR count). The molecular weight excluding hydrogens is 543 g/mol. The third-order valence-electron chi connectivity index (χ3n) is 7.13. The summed E-state index contributed by atoms with van der Waals surface area (Å²) in [4.78, 5) is 0. The number of hydrogen-bond acceptors (Lipinski definition) is 0. The Bertz CT molecular complexity index is 1400. The average Bonchev–Trinajstić information content (AvgIpc) is 3.42. The fourth-order valence-electron chi connectivity index (χ4n) is 4.79. The van der Waals surface area contributed by atoms with E-state index in [0.29, 0.717) is 0 Å². The van der Waals surface area contributed by atoms with Crippen LogP contribution < -0.4 is 0 Å². The quantitative estimate of drug-likeness (QED) is 0.0898. The second kappa shape index (κ2) is 16.7. The number of aryl methyl sites for hydroxylation is 2. The van der Waals surface area contributed by atoms with Crippen LogP contribution in [0.4, 0.5) is 0 Å². The number of nitrogens with zero attached hydrogens (tertiary/aromatic N) is 2. The molecule has 0 radical (unpaired) electrons. The molecule has 214 valence electrons. The Labute approximate surface area is 253 Å². The van der Waals surface area contributed by atoms with Gasteiger partial charge in [0, 0.05) is 23.3 Å². The number of benzene rings is 4. The molecule has 0 unspecified atom stereocenters. The maximum atomic E-state index is 10.8. The number of allylic oxidation sites excluding steroid dienone is 2. The molecule has 0 saturated heterocycles. The monoisotopic (exact) mass is 584 g/mol. The fraction of sp³-hybridized carbons (Fsp3) is 0.263. The van der Waals surface area contributed by atoms with Crippen LogP contribution in [-0.4, -0.2) is 4.70 Å². The maximum absolute atomic E-state index is 10.8. The van der Waals surface area contributed by atoms with Gasteiger partial charge in [-0.1, -0.05) is 57.4 Å². The second-order valence-corrected chi connectivity index (χ2v) is 11.5. The Morgan fingerprint density at radius 2 is 1.07 bits per heavy atom. The Morgan fingerprint density at radius 3 is 1.61 bits per heavy atom. The Hall–Kier alpha value is -3.55. The molecule has 0 spiro atoms. The van der Waals surface area contributed by atoms with Gasteiger partial charge in [0.25, 0.3) is 0 Å². The Balaban J connectivity index is 0.000000218. The van der Waals surface area contributed by atoms with Gasteiger partial charge >= 0.3 is 97.0 Å². The topological polar surface area (TPSA) is 25.3 Å². The average molecular weight is 585 g/mol. The zero-order valence-corrected chi connectivity index (χ0v) is 25.4. The van der Waals surface area contributed by atoms with Crippen molar-refractivity contribution in [2.75, 3.05) is 0 Å². The van der Waals surface area contributed by atoms with E-state index >= 15 is 0 Å². The van der Waals surface area contributed by atoms with E-state index in [9.17, 15) is 5.53 Å². The molecule has 0 saturated carbocycles. The van der Waals surface area contributed by atoms with E-state index in [2.05, 4.69) is 123 Å². The van der Waals surface area contributed by atoms with Crippen molar-refractivity contribution in [2.24, 2.45) is 0 Å². The van der Waals surface area contributed by atoms with Crippen LogP contribution in [0.3, 0.4) is 0 Å². The SMILES string of the molecule is CCCCCCc1cccc(C2=CC=C(c3cccc(CC)c3)[N+]2=[N-])c1.c1ccc([CH2][Ni][CH2]c2ccccc2)cc1. The van der Waals surface area contributed by atoms with Gasteiger partial charge in [0.05, 0.1) is 0 Å². The van der Waals surface area contributed by atoms with Crippen LogP contribution in [0, 0.1) is 0 Å². The van der Waals surface area contributed by atoms with Gasteiger partial charge < -0.3 is 5.53 Å². The third kappa shape index (κ3) is 9.51. The van der Waals surface area contributed by atoms with Gasteiger partial charge in [-0.3, -0.25) is 0 Å². The summed E-state index contributed by atoms with van der Waals surface area (Å²) >= 11 is 1.78. The van der Waals surface area contributed by atoms with E-state index in [1.807, 2.05) is 12.2 Å². The van der Waals surface area contributed by atoms with E-state index in [4.69, 9.17) is 0 Å². The molecule has 0 atom stereocenters. The summed E-state index contributed by atoms with van der Waals surface area (Å²) < 4.78 is 1.32. The van der Waals surface area contributed by atoms with E-state index in [1.54, 1.807) is 14.4 Å². The molecule has 3 heteroatoms. The van der Waals surface area contributed by atoms with Crippen molar-refractivity contribution in [3.8, 4) is 0 Å². The molecule has 1 aliphatic rings. The first-order valence-corrected chi connectivity index (χ1v) is 16.2. The first kappa shape index (κ1) is 30.4. The van der Waals surface area contributed by atoms with Crippen molar-refractivity contribution in [3.05, 3.63) is 160 Å². The molecule has 1 heterocycles. The van der Waals surface area contributed by atoms with Crippen molar-refractivity contribution < 1.29 is 19.1 Å². The van der Waals surface area contributed by atoms with Crippen LogP contribution in [-0.2, 0) is 38.1 Å². The first-order chi connectivity index (χ1) is 20.2. The van der Waals surface area contributed by atoms with Gasteiger partial charge in [0.15, 0.2) is 0 Å².